The van der Waals surface area contributed by atoms with Gasteiger partial charge in [0.1, 0.15) is 22.3 Å². The molecule has 9 aromatic carbocycles. The summed E-state index contributed by atoms with van der Waals surface area (Å²) in [4.78, 5) is 2.42. The van der Waals surface area contributed by atoms with Crippen molar-refractivity contribution in [3.8, 4) is 33.4 Å². The monoisotopic (exact) mass is 703 g/mol. The van der Waals surface area contributed by atoms with Crippen LogP contribution >= 0.6 is 0 Å². The van der Waals surface area contributed by atoms with Crippen molar-refractivity contribution in [2.75, 3.05) is 4.90 Å². The van der Waals surface area contributed by atoms with E-state index in [4.69, 9.17) is 8.83 Å². The van der Waals surface area contributed by atoms with Gasteiger partial charge in [0.2, 0.25) is 0 Å². The van der Waals surface area contributed by atoms with Crippen molar-refractivity contribution in [2.24, 2.45) is 0 Å². The molecule has 3 nitrogen and oxygen atoms in total. The molecule has 0 saturated carbocycles. The molecule has 0 N–H and O–H groups in total. The highest BCUT2D eigenvalue weighted by Crippen LogP contribution is 2.48. The first-order chi connectivity index (χ1) is 27.3. The minimum atomic E-state index is 0.851. The van der Waals surface area contributed by atoms with E-state index in [1.165, 1.54) is 5.56 Å². The van der Waals surface area contributed by atoms with E-state index < -0.39 is 0 Å². The molecule has 0 aliphatic carbocycles. The van der Waals surface area contributed by atoms with Crippen molar-refractivity contribution >= 4 is 71.7 Å². The van der Waals surface area contributed by atoms with Crippen LogP contribution in [-0.4, -0.2) is 0 Å². The van der Waals surface area contributed by atoms with Gasteiger partial charge in [-0.15, -0.1) is 0 Å². The number of furan rings is 2. The summed E-state index contributed by atoms with van der Waals surface area (Å²) < 4.78 is 12.9. The minimum Gasteiger partial charge on any atom is -0.456 e. The first-order valence-electron chi connectivity index (χ1n) is 18.7. The lowest BCUT2D eigenvalue weighted by Gasteiger charge is -2.29. The summed E-state index contributed by atoms with van der Waals surface area (Å²) in [6.45, 7) is 0. The van der Waals surface area contributed by atoms with Crippen molar-refractivity contribution in [1.29, 1.82) is 0 Å². The number of nitrogens with zero attached hydrogens (tertiary/aromatic N) is 1. The van der Waals surface area contributed by atoms with Crippen LogP contribution in [-0.2, 0) is 0 Å². The number of rotatable bonds is 6. The van der Waals surface area contributed by atoms with E-state index in [1.54, 1.807) is 0 Å². The summed E-state index contributed by atoms with van der Waals surface area (Å²) in [5.74, 6) is 0. The Morgan fingerprint density at radius 1 is 0.327 bits per heavy atom. The quantitative estimate of drug-likeness (QED) is 0.173. The Hall–Kier alpha value is -7.36. The zero-order chi connectivity index (χ0) is 36.3. The molecule has 55 heavy (non-hydrogen) atoms. The zero-order valence-corrected chi connectivity index (χ0v) is 29.8. The fourth-order valence-electron chi connectivity index (χ4n) is 8.25. The number of para-hydroxylation sites is 1. The van der Waals surface area contributed by atoms with Crippen molar-refractivity contribution in [1.82, 2.24) is 0 Å². The molecule has 0 aliphatic heterocycles. The van der Waals surface area contributed by atoms with E-state index in [-0.39, 0.29) is 0 Å². The summed E-state index contributed by atoms with van der Waals surface area (Å²) in [7, 11) is 0. The minimum absolute atomic E-state index is 0.851. The molecule has 0 atom stereocenters. The van der Waals surface area contributed by atoms with Gasteiger partial charge in [-0.2, -0.15) is 0 Å². The lowest BCUT2D eigenvalue weighted by molar-refractivity contribution is 0.669. The van der Waals surface area contributed by atoms with E-state index in [1.807, 2.05) is 12.1 Å². The van der Waals surface area contributed by atoms with E-state index >= 15 is 0 Å². The van der Waals surface area contributed by atoms with E-state index in [2.05, 4.69) is 193 Å². The van der Waals surface area contributed by atoms with Crippen molar-refractivity contribution < 1.29 is 8.83 Å². The standard InChI is InChI=1S/C52H33NO2/c1-3-13-34(14-4-1)38-26-29-46(44(32-38)35-15-5-2-6-16-35)53(47-22-12-24-50-51(47)43-28-25-36-17-7-8-20-41(36)52(43)55-50)40-19-11-18-37(31-40)39-27-30-49-45(33-39)42-21-9-10-23-48(42)54-49/h1-33H. The van der Waals surface area contributed by atoms with E-state index in [0.717, 1.165) is 99.5 Å². The number of fused-ring (bicyclic) bond motifs is 8. The second-order valence-electron chi connectivity index (χ2n) is 14.1. The van der Waals surface area contributed by atoms with Crippen LogP contribution in [0.25, 0.3) is 88.0 Å². The van der Waals surface area contributed by atoms with E-state index in [0.29, 0.717) is 0 Å². The van der Waals surface area contributed by atoms with Gasteiger partial charge in [0.15, 0.2) is 0 Å². The second kappa shape index (κ2) is 12.6. The smallest absolute Gasteiger partial charge is 0.143 e. The number of benzene rings is 9. The molecule has 2 aromatic heterocycles. The van der Waals surface area contributed by atoms with Crippen LogP contribution in [0.3, 0.4) is 0 Å². The van der Waals surface area contributed by atoms with Crippen LogP contribution < -0.4 is 4.90 Å². The Kier molecular flexibility index (Phi) is 7.17. The largest absolute Gasteiger partial charge is 0.456 e. The normalized spacial score (nSPS) is 11.6. The van der Waals surface area contributed by atoms with Gasteiger partial charge in [0.05, 0.1) is 16.8 Å². The third kappa shape index (κ3) is 5.20. The third-order valence-corrected chi connectivity index (χ3v) is 10.8. The van der Waals surface area contributed by atoms with Gasteiger partial charge < -0.3 is 13.7 Å². The highest BCUT2D eigenvalue weighted by atomic mass is 16.3. The van der Waals surface area contributed by atoms with Gasteiger partial charge in [0, 0.05) is 32.8 Å². The Morgan fingerprint density at radius 3 is 1.85 bits per heavy atom. The summed E-state index contributed by atoms with van der Waals surface area (Å²) in [5.41, 5.74) is 13.6. The molecule has 3 heteroatoms. The second-order valence-corrected chi connectivity index (χ2v) is 14.1. The first-order valence-corrected chi connectivity index (χ1v) is 18.7. The van der Waals surface area contributed by atoms with Crippen LogP contribution in [0, 0.1) is 0 Å². The molecule has 2 heterocycles. The molecule has 0 saturated heterocycles. The molecule has 0 unspecified atom stereocenters. The maximum absolute atomic E-state index is 6.75. The molecule has 11 rings (SSSR count). The van der Waals surface area contributed by atoms with Crippen molar-refractivity contribution in [3.63, 3.8) is 0 Å². The van der Waals surface area contributed by atoms with Crippen LogP contribution in [0.15, 0.2) is 209 Å². The van der Waals surface area contributed by atoms with Gasteiger partial charge >= 0.3 is 0 Å². The zero-order valence-electron chi connectivity index (χ0n) is 29.8. The lowest BCUT2D eigenvalue weighted by atomic mass is 9.95. The Labute approximate surface area is 317 Å². The summed E-state index contributed by atoms with van der Waals surface area (Å²) >= 11 is 0. The lowest BCUT2D eigenvalue weighted by Crippen LogP contribution is -2.12. The van der Waals surface area contributed by atoms with Crippen LogP contribution in [0.1, 0.15) is 0 Å². The summed E-state index contributed by atoms with van der Waals surface area (Å²) in [6, 6.07) is 71.1. The maximum Gasteiger partial charge on any atom is 0.143 e. The maximum atomic E-state index is 6.75. The third-order valence-electron chi connectivity index (χ3n) is 10.8. The molecule has 0 fully saturated rings. The van der Waals surface area contributed by atoms with Crippen LogP contribution in [0.5, 0.6) is 0 Å². The molecular formula is C52H33NO2. The fraction of sp³-hybridized carbons (Fsp3) is 0. The first kappa shape index (κ1) is 31.2. The number of anilines is 3. The number of hydrogen-bond donors (Lipinski definition) is 0. The molecule has 0 spiro atoms. The SMILES string of the molecule is c1ccc(-c2ccc(N(c3cccc(-c4ccc5oc6ccccc6c5c4)c3)c3cccc4oc5c6ccccc6ccc5c34)c(-c3ccccc3)c2)cc1. The Morgan fingerprint density at radius 2 is 0.982 bits per heavy atom. The average molecular weight is 704 g/mol. The van der Waals surface area contributed by atoms with Gasteiger partial charge in [0.25, 0.3) is 0 Å². The van der Waals surface area contributed by atoms with Crippen LogP contribution in [0.4, 0.5) is 17.1 Å². The van der Waals surface area contributed by atoms with Crippen molar-refractivity contribution in [3.05, 3.63) is 200 Å². The van der Waals surface area contributed by atoms with Gasteiger partial charge in [-0.1, -0.05) is 140 Å². The van der Waals surface area contributed by atoms with Crippen LogP contribution in [0.2, 0.25) is 0 Å². The highest BCUT2D eigenvalue weighted by molar-refractivity contribution is 6.20. The van der Waals surface area contributed by atoms with Gasteiger partial charge in [-0.05, 0) is 93.9 Å². The molecule has 0 radical (unpaired) electrons. The molecule has 258 valence electrons. The molecule has 0 amide bonds. The van der Waals surface area contributed by atoms with Gasteiger partial charge in [-0.25, -0.2) is 0 Å². The predicted octanol–water partition coefficient (Wildman–Crippen LogP) is 15.1. The summed E-state index contributed by atoms with van der Waals surface area (Å²) in [5, 5.41) is 6.66. The topological polar surface area (TPSA) is 29.5 Å². The summed E-state index contributed by atoms with van der Waals surface area (Å²) in [6.07, 6.45) is 0. The fourth-order valence-corrected chi connectivity index (χ4v) is 8.25. The van der Waals surface area contributed by atoms with E-state index in [9.17, 15) is 0 Å². The number of hydrogen-bond acceptors (Lipinski definition) is 3. The predicted molar refractivity (Wildman–Crippen MR) is 229 cm³/mol. The molecule has 0 bridgehead atoms. The van der Waals surface area contributed by atoms with Gasteiger partial charge in [-0.3, -0.25) is 0 Å². The molecule has 11 aromatic rings. The molecular weight excluding hydrogens is 671 g/mol. The Balaban J connectivity index is 1.18. The molecule has 0 aliphatic rings. The highest BCUT2D eigenvalue weighted by Gasteiger charge is 2.23. The average Bonchev–Trinajstić information content (AvgIpc) is 3.84. The Bertz CT molecular complexity index is 3210. The van der Waals surface area contributed by atoms with Crippen molar-refractivity contribution in [2.45, 2.75) is 0 Å².